The van der Waals surface area contributed by atoms with Gasteiger partial charge in [0.15, 0.2) is 0 Å². The fourth-order valence-corrected chi connectivity index (χ4v) is 3.19. The minimum Gasteiger partial charge on any atom is -0.465 e. The Labute approximate surface area is 163 Å². The highest BCUT2D eigenvalue weighted by atomic mass is 16.5. The van der Waals surface area contributed by atoms with Crippen LogP contribution in [0.5, 0.6) is 0 Å². The van der Waals surface area contributed by atoms with Gasteiger partial charge in [-0.1, -0.05) is 30.4 Å². The monoisotopic (exact) mass is 378 g/mol. The molecule has 2 atom stereocenters. The Kier molecular flexibility index (Phi) is 6.22. The van der Waals surface area contributed by atoms with Crippen LogP contribution in [0, 0.1) is 11.8 Å². The van der Waals surface area contributed by atoms with E-state index in [9.17, 15) is 14.4 Å². The van der Waals surface area contributed by atoms with Gasteiger partial charge in [-0.3, -0.25) is 9.59 Å². The van der Waals surface area contributed by atoms with E-state index in [1.54, 1.807) is 24.3 Å². The van der Waals surface area contributed by atoms with Gasteiger partial charge in [0.05, 0.1) is 24.5 Å². The molecule has 6 heteroatoms. The summed E-state index contributed by atoms with van der Waals surface area (Å²) in [6.07, 6.45) is 4.87. The van der Waals surface area contributed by atoms with E-state index in [1.165, 1.54) is 7.11 Å². The van der Waals surface area contributed by atoms with Crippen LogP contribution >= 0.6 is 0 Å². The summed E-state index contributed by atoms with van der Waals surface area (Å²) in [6.45, 7) is 0. The molecule has 2 aromatic carbocycles. The quantitative estimate of drug-likeness (QED) is 0.615. The SMILES string of the molecule is COC(=O)c1ccc(NC(=O)C2CC=CCC2C(=O)Nc2ccccc2)cc1. The maximum absolute atomic E-state index is 12.8. The summed E-state index contributed by atoms with van der Waals surface area (Å²) in [5.74, 6) is -1.73. The van der Waals surface area contributed by atoms with Crippen LogP contribution in [0.2, 0.25) is 0 Å². The molecule has 0 heterocycles. The maximum atomic E-state index is 12.8. The molecule has 3 rings (SSSR count). The summed E-state index contributed by atoms with van der Waals surface area (Å²) in [6, 6.07) is 15.6. The second-order valence-corrected chi connectivity index (χ2v) is 6.57. The van der Waals surface area contributed by atoms with E-state index in [0.29, 0.717) is 29.8 Å². The Hall–Kier alpha value is -3.41. The molecule has 0 spiro atoms. The fourth-order valence-electron chi connectivity index (χ4n) is 3.19. The molecule has 2 unspecified atom stereocenters. The predicted molar refractivity (Wildman–Crippen MR) is 107 cm³/mol. The zero-order chi connectivity index (χ0) is 19.9. The summed E-state index contributed by atoms with van der Waals surface area (Å²) >= 11 is 0. The minimum absolute atomic E-state index is 0.170. The molecule has 2 N–H and O–H groups in total. The standard InChI is InChI=1S/C22H22N2O4/c1-28-22(27)15-11-13-17(14-12-15)24-21(26)19-10-6-5-9-18(19)20(25)23-16-7-3-2-4-8-16/h2-8,11-14,18-19H,9-10H2,1H3,(H,23,25)(H,24,26). The third-order valence-electron chi connectivity index (χ3n) is 4.72. The largest absolute Gasteiger partial charge is 0.465 e. The number of para-hydroxylation sites is 1. The van der Waals surface area contributed by atoms with Crippen LogP contribution in [0.4, 0.5) is 11.4 Å². The van der Waals surface area contributed by atoms with Crippen LogP contribution in [0.25, 0.3) is 0 Å². The highest BCUT2D eigenvalue weighted by molar-refractivity contribution is 6.00. The average molecular weight is 378 g/mol. The van der Waals surface area contributed by atoms with Crippen molar-refractivity contribution in [1.29, 1.82) is 0 Å². The Morgan fingerprint density at radius 3 is 1.79 bits per heavy atom. The first-order chi connectivity index (χ1) is 13.6. The fraction of sp³-hybridized carbons (Fsp3) is 0.227. The number of carbonyl (C=O) groups excluding carboxylic acids is 3. The van der Waals surface area contributed by atoms with Gasteiger partial charge in [0.25, 0.3) is 0 Å². The van der Waals surface area contributed by atoms with Gasteiger partial charge in [-0.05, 0) is 49.2 Å². The van der Waals surface area contributed by atoms with Gasteiger partial charge >= 0.3 is 5.97 Å². The lowest BCUT2D eigenvalue weighted by molar-refractivity contribution is -0.129. The molecule has 0 aliphatic heterocycles. The lowest BCUT2D eigenvalue weighted by Crippen LogP contribution is -2.37. The molecule has 0 saturated carbocycles. The number of ether oxygens (including phenoxy) is 1. The van der Waals surface area contributed by atoms with Gasteiger partial charge < -0.3 is 15.4 Å². The summed E-state index contributed by atoms with van der Waals surface area (Å²) in [5.41, 5.74) is 1.68. The van der Waals surface area contributed by atoms with Gasteiger partial charge in [-0.15, -0.1) is 0 Å². The number of amides is 2. The van der Waals surface area contributed by atoms with Crippen LogP contribution < -0.4 is 10.6 Å². The number of methoxy groups -OCH3 is 1. The van der Waals surface area contributed by atoms with E-state index >= 15 is 0 Å². The van der Waals surface area contributed by atoms with E-state index in [1.807, 2.05) is 42.5 Å². The lowest BCUT2D eigenvalue weighted by Gasteiger charge is -2.26. The third kappa shape index (κ3) is 4.65. The molecule has 28 heavy (non-hydrogen) atoms. The Morgan fingerprint density at radius 2 is 1.29 bits per heavy atom. The van der Waals surface area contributed by atoms with Crippen molar-refractivity contribution < 1.29 is 19.1 Å². The molecule has 0 radical (unpaired) electrons. The van der Waals surface area contributed by atoms with E-state index < -0.39 is 17.8 Å². The molecule has 0 bridgehead atoms. The molecule has 0 saturated heterocycles. The summed E-state index contributed by atoms with van der Waals surface area (Å²) in [7, 11) is 1.31. The van der Waals surface area contributed by atoms with Crippen molar-refractivity contribution in [2.24, 2.45) is 11.8 Å². The number of hydrogen-bond donors (Lipinski definition) is 2. The molecular formula is C22H22N2O4. The van der Waals surface area contributed by atoms with Gasteiger partial charge in [0.1, 0.15) is 0 Å². The van der Waals surface area contributed by atoms with Crippen molar-refractivity contribution in [2.75, 3.05) is 17.7 Å². The second kappa shape index (κ2) is 8.99. The first kappa shape index (κ1) is 19.4. The number of esters is 1. The molecule has 1 aliphatic rings. The van der Waals surface area contributed by atoms with Crippen molar-refractivity contribution in [3.05, 3.63) is 72.3 Å². The number of anilines is 2. The average Bonchev–Trinajstić information content (AvgIpc) is 2.74. The Bertz CT molecular complexity index is 875. The number of carbonyl (C=O) groups is 3. The van der Waals surface area contributed by atoms with Crippen molar-refractivity contribution in [3.63, 3.8) is 0 Å². The van der Waals surface area contributed by atoms with Crippen LogP contribution in [-0.4, -0.2) is 24.9 Å². The van der Waals surface area contributed by atoms with Crippen LogP contribution in [0.15, 0.2) is 66.7 Å². The van der Waals surface area contributed by atoms with Gasteiger partial charge in [0, 0.05) is 11.4 Å². The van der Waals surface area contributed by atoms with E-state index in [-0.39, 0.29) is 11.8 Å². The molecule has 6 nitrogen and oxygen atoms in total. The summed E-state index contributed by atoms with van der Waals surface area (Å²) in [4.78, 5) is 37.0. The van der Waals surface area contributed by atoms with Gasteiger partial charge in [-0.2, -0.15) is 0 Å². The van der Waals surface area contributed by atoms with Gasteiger partial charge in [-0.25, -0.2) is 4.79 Å². The van der Waals surface area contributed by atoms with Crippen LogP contribution in [-0.2, 0) is 14.3 Å². The number of rotatable bonds is 5. The van der Waals surface area contributed by atoms with E-state index in [0.717, 1.165) is 0 Å². The normalized spacial score (nSPS) is 18.2. The smallest absolute Gasteiger partial charge is 0.337 e. The zero-order valence-electron chi connectivity index (χ0n) is 15.6. The van der Waals surface area contributed by atoms with Crippen LogP contribution in [0.1, 0.15) is 23.2 Å². The summed E-state index contributed by atoms with van der Waals surface area (Å²) < 4.78 is 4.66. The summed E-state index contributed by atoms with van der Waals surface area (Å²) in [5, 5.41) is 5.72. The zero-order valence-corrected chi connectivity index (χ0v) is 15.6. The van der Waals surface area contributed by atoms with E-state index in [4.69, 9.17) is 0 Å². The number of benzene rings is 2. The highest BCUT2D eigenvalue weighted by Gasteiger charge is 2.34. The van der Waals surface area contributed by atoms with Crippen molar-refractivity contribution in [2.45, 2.75) is 12.8 Å². The molecular weight excluding hydrogens is 356 g/mol. The number of nitrogens with one attached hydrogen (secondary N) is 2. The number of allylic oxidation sites excluding steroid dienone is 2. The predicted octanol–water partition coefficient (Wildman–Crippen LogP) is 3.63. The van der Waals surface area contributed by atoms with Crippen LogP contribution in [0.3, 0.4) is 0 Å². The molecule has 0 aromatic heterocycles. The molecule has 0 fully saturated rings. The van der Waals surface area contributed by atoms with Crippen molar-refractivity contribution in [3.8, 4) is 0 Å². The first-order valence-electron chi connectivity index (χ1n) is 9.08. The third-order valence-corrected chi connectivity index (χ3v) is 4.72. The highest BCUT2D eigenvalue weighted by Crippen LogP contribution is 2.28. The number of hydrogen-bond acceptors (Lipinski definition) is 4. The van der Waals surface area contributed by atoms with Crippen molar-refractivity contribution >= 4 is 29.2 Å². The van der Waals surface area contributed by atoms with E-state index in [2.05, 4.69) is 15.4 Å². The topological polar surface area (TPSA) is 84.5 Å². The molecule has 2 amide bonds. The van der Waals surface area contributed by atoms with Crippen molar-refractivity contribution in [1.82, 2.24) is 0 Å². The molecule has 144 valence electrons. The van der Waals surface area contributed by atoms with Gasteiger partial charge in [0.2, 0.25) is 11.8 Å². The Morgan fingerprint density at radius 1 is 0.786 bits per heavy atom. The lowest BCUT2D eigenvalue weighted by atomic mass is 9.81. The first-order valence-corrected chi connectivity index (χ1v) is 9.08. The molecule has 2 aromatic rings. The second-order valence-electron chi connectivity index (χ2n) is 6.57. The minimum atomic E-state index is -0.464. The maximum Gasteiger partial charge on any atom is 0.337 e. The molecule has 1 aliphatic carbocycles. The Balaban J connectivity index is 1.67.